The van der Waals surface area contributed by atoms with Gasteiger partial charge in [0.2, 0.25) is 0 Å². The van der Waals surface area contributed by atoms with E-state index < -0.39 is 230 Å². The fourth-order valence-electron chi connectivity index (χ4n) is 13.2. The minimum Gasteiger partial charge on any atom is 0 e. The van der Waals surface area contributed by atoms with Crippen molar-refractivity contribution in [1.29, 1.82) is 0 Å². The van der Waals surface area contributed by atoms with Gasteiger partial charge in [0, 0.05) is 531 Å². The van der Waals surface area contributed by atoms with Crippen LogP contribution in [0, 0.1) is 0 Å². The summed E-state index contributed by atoms with van der Waals surface area (Å²) in [7, 11) is 260. The van der Waals surface area contributed by atoms with Crippen molar-refractivity contribution in [2.24, 2.45) is 0 Å². The normalized spacial score (nSPS) is 9.76. The summed E-state index contributed by atoms with van der Waals surface area (Å²) in [5.41, 5.74) is 0. The third-order valence-electron chi connectivity index (χ3n) is 15.8. The van der Waals surface area contributed by atoms with E-state index in [0.29, 0.717) is 0 Å². The summed E-state index contributed by atoms with van der Waals surface area (Å²) in [6.45, 7) is 0. The molecule has 0 fully saturated rings. The third kappa shape index (κ3) is 21.6. The molecule has 77 radical (unpaired) electrons. The van der Waals surface area contributed by atoms with Crippen LogP contribution in [0.2, 0.25) is 0 Å². The molecule has 0 amide bonds. The van der Waals surface area contributed by atoms with Crippen molar-refractivity contribution in [3.63, 3.8) is 0 Å². The van der Waals surface area contributed by atoms with Crippen LogP contribution in [0.3, 0.4) is 0 Å². The maximum atomic E-state index is 7.27. The Morgan fingerprint density at radius 2 is 0.200 bits per heavy atom. The van der Waals surface area contributed by atoms with Gasteiger partial charge in [-0.05, 0) is 0 Å². The SMILES string of the molecule is [B][B]B([B])B(B(B([B])[B])B([B])[B])B(B(B(B([B])[B])B([B])[B])B(B([B])[B])B([B])[B])B(B(B(B([B])[B])B([B])[B])B(B([B])[B])B([B])[B])B(B(B(B([B])[B])B([B])[B])B(B([B])[B])B([B])[B])B(B(B([B])[B])B([B])[B])B(B([B])[B])B([B])[B]. The van der Waals surface area contributed by atoms with Crippen molar-refractivity contribution in [3.8, 4) is 0 Å². The van der Waals surface area contributed by atoms with Gasteiger partial charge in [-0.25, -0.2) is 0 Å². The first-order chi connectivity index (χ1) is 34.1. The zero-order chi connectivity index (χ0) is 59.5. The second-order valence-electron chi connectivity index (χ2n) is 21.0. The van der Waals surface area contributed by atoms with Crippen LogP contribution in [0.4, 0.5) is 0 Å². The van der Waals surface area contributed by atoms with Crippen LogP contribution in [-0.4, -0.2) is 531 Å². The van der Waals surface area contributed by atoms with Crippen LogP contribution in [0.1, 0.15) is 0 Å². The number of rotatable bonds is 36. The average Bonchev–Trinajstić information content (AvgIpc) is 3.19. The van der Waals surface area contributed by atoms with E-state index in [0.717, 1.165) is 7.06 Å². The highest BCUT2D eigenvalue weighted by Crippen LogP contribution is 2.27. The fourth-order valence-corrected chi connectivity index (χ4v) is 13.2. The largest absolute Gasteiger partial charge is 0 e. The maximum absolute atomic E-state index is 7.27. The fraction of sp³-hybridized carbons (Fsp3) is 0. The van der Waals surface area contributed by atoms with Crippen LogP contribution in [0.5, 0.6) is 0 Å². The molecule has 0 rings (SSSR count). The molecule has 0 N–H and O–H groups in total. The smallest absolute Gasteiger partial charge is 0 e. The highest BCUT2D eigenvalue weighted by Gasteiger charge is 2.65. The standard InChI is InChI=1S/B75/c1-39-58(38)68(59(40(2)3)41(4)5)73(69(60(42(6)7)43(8)9)61(44(10)11)45(12)13)75(72(66(54(30)31)55(32)33)67(56(34)35)57(36)37)74(70(62(46(14)15)47(16)17)63(48(18)19)49(20)21)71(64(50(22)23)51(24)25)65(52(26)27)53(28)29. The van der Waals surface area contributed by atoms with Gasteiger partial charge in [0.05, 0.1) is 0 Å². The third-order valence-corrected chi connectivity index (χ3v) is 15.8. The molecule has 0 spiro atoms. The lowest BCUT2D eigenvalue weighted by atomic mass is 8.21. The molecule has 75 heteroatoms. The summed E-state index contributed by atoms with van der Waals surface area (Å²) < 4.78 is 0. The Bertz CT molecular complexity index is 1240. The monoisotopic (exact) mass is 826 g/mol. The molecular formula is B75. The zero-order valence-corrected chi connectivity index (χ0v) is 43.3. The Labute approximate surface area is 525 Å². The van der Waals surface area contributed by atoms with Crippen molar-refractivity contribution in [1.82, 2.24) is 0 Å². The summed E-state index contributed by atoms with van der Waals surface area (Å²) in [6, 6.07) is 0. The Hall–Kier alpha value is 4.87. The molecule has 0 heterocycles. The quantitative estimate of drug-likeness (QED) is 0.0553. The van der Waals surface area contributed by atoms with E-state index in [-0.39, 0.29) is 0 Å². The molecule has 0 nitrogen and oxygen atoms in total. The van der Waals surface area contributed by atoms with E-state index in [1.54, 1.807) is 0 Å². The second kappa shape index (κ2) is 36.9. The topological polar surface area (TPSA) is 0 Å². The molecule has 0 saturated carbocycles. The first-order valence-electron chi connectivity index (χ1n) is 24.7. The molecule has 0 atom stereocenters. The Morgan fingerprint density at radius 3 is 0.293 bits per heavy atom. The van der Waals surface area contributed by atoms with Gasteiger partial charge in [-0.1, -0.05) is 0 Å². The van der Waals surface area contributed by atoms with E-state index in [1.807, 2.05) is 0 Å². The van der Waals surface area contributed by atoms with Gasteiger partial charge in [0.1, 0.15) is 0 Å². The van der Waals surface area contributed by atoms with Gasteiger partial charge in [0.25, 0.3) is 0 Å². The lowest BCUT2D eigenvalue weighted by molar-refractivity contribution is 3.15. The van der Waals surface area contributed by atoms with Gasteiger partial charge >= 0.3 is 0 Å². The van der Waals surface area contributed by atoms with Crippen molar-refractivity contribution in [2.75, 3.05) is 0 Å². The summed E-state index contributed by atoms with van der Waals surface area (Å²) >= 11 is 0. The Kier molecular flexibility index (Phi) is 39.3. The van der Waals surface area contributed by atoms with Crippen LogP contribution in [-0.2, 0) is 0 Å². The summed E-state index contributed by atoms with van der Waals surface area (Å²) in [6.07, 6.45) is -57.6. The zero-order valence-electron chi connectivity index (χ0n) is 43.3. The van der Waals surface area contributed by atoms with Crippen molar-refractivity contribution < 1.29 is 0 Å². The van der Waals surface area contributed by atoms with E-state index in [9.17, 15) is 0 Å². The Morgan fingerprint density at radius 1 is 0.120 bits per heavy atom. The number of hydrogen-bond acceptors (Lipinski definition) is 0. The van der Waals surface area contributed by atoms with Crippen LogP contribution >= 0.6 is 0 Å². The van der Waals surface area contributed by atoms with E-state index >= 15 is 0 Å². The number of hydrogen-bond donors (Lipinski definition) is 0. The van der Waals surface area contributed by atoms with Gasteiger partial charge in [0.15, 0.2) is 0 Å². The second-order valence-corrected chi connectivity index (χ2v) is 21.0. The van der Waals surface area contributed by atoms with Crippen LogP contribution < -0.4 is 0 Å². The minimum absolute atomic E-state index is 1.05. The van der Waals surface area contributed by atoms with Gasteiger partial charge in [-0.15, -0.1) is 0 Å². The lowest BCUT2D eigenvalue weighted by Crippen LogP contribution is -2.99. The highest BCUT2D eigenvalue weighted by atomic mass is 13.5. The predicted molar refractivity (Wildman–Crippen MR) is 432 cm³/mol. The molecule has 0 bridgehead atoms. The van der Waals surface area contributed by atoms with Gasteiger partial charge in [-0.3, -0.25) is 0 Å². The van der Waals surface area contributed by atoms with Crippen LogP contribution in [0.15, 0.2) is 0 Å². The summed E-state index contributed by atoms with van der Waals surface area (Å²) in [5.74, 6) is 0. The molecule has 0 saturated heterocycles. The molecule has 0 aliphatic carbocycles. The average molecular weight is 811 g/mol. The molecule has 0 unspecified atom stereocenters. The molecular weight excluding hydrogens is 811 g/mol. The van der Waals surface area contributed by atoms with Crippen LogP contribution in [0.25, 0.3) is 0 Å². The predicted octanol–water partition coefficient (Wildman–Crippen LogP) is -28.6. The van der Waals surface area contributed by atoms with E-state index in [1.165, 1.54) is 0 Å². The van der Waals surface area contributed by atoms with Crippen molar-refractivity contribution in [3.05, 3.63) is 0 Å². The van der Waals surface area contributed by atoms with Gasteiger partial charge < -0.3 is 0 Å². The molecule has 0 aromatic rings. The Balaban J connectivity index is 12.2. The molecule has 0 aromatic carbocycles. The summed E-state index contributed by atoms with van der Waals surface area (Å²) in [4.78, 5) is 0. The van der Waals surface area contributed by atoms with E-state index in [2.05, 4.69) is 0 Å². The lowest BCUT2D eigenvalue weighted by Gasteiger charge is -2.61. The highest BCUT2D eigenvalue weighted by molar-refractivity contribution is 8.40. The molecule has 0 aliphatic rings. The first-order valence-corrected chi connectivity index (χ1v) is 24.7. The first kappa shape index (κ1) is 79.9. The van der Waals surface area contributed by atoms with Gasteiger partial charge in [-0.2, -0.15) is 0 Å². The van der Waals surface area contributed by atoms with E-state index in [4.69, 9.17) is 294 Å². The van der Waals surface area contributed by atoms with Crippen molar-refractivity contribution >= 4 is 531 Å². The maximum Gasteiger partial charge on any atom is 0 e. The molecule has 0 aromatic heterocycles. The molecule has 75 heavy (non-hydrogen) atoms. The minimum atomic E-state index is -1.80. The molecule has 225 valence electrons. The van der Waals surface area contributed by atoms with Crippen molar-refractivity contribution in [2.45, 2.75) is 0 Å². The molecule has 0 aliphatic heterocycles. The summed E-state index contributed by atoms with van der Waals surface area (Å²) in [5, 5.41) is 0.